The van der Waals surface area contributed by atoms with E-state index >= 15 is 0 Å². The van der Waals surface area contributed by atoms with Crippen LogP contribution in [0.15, 0.2) is 42.6 Å². The Labute approximate surface area is 135 Å². The van der Waals surface area contributed by atoms with Crippen LogP contribution in [0, 0.1) is 19.8 Å². The molecule has 1 N–H and O–H groups in total. The number of benzene rings is 1. The second-order valence-electron chi connectivity index (χ2n) is 5.95. The van der Waals surface area contributed by atoms with Gasteiger partial charge in [0.15, 0.2) is 0 Å². The Balaban J connectivity index is 1.70. The molecule has 3 rings (SSSR count). The lowest BCUT2D eigenvalue weighted by molar-refractivity contribution is -0.122. The summed E-state index contributed by atoms with van der Waals surface area (Å²) in [7, 11) is 0. The van der Waals surface area contributed by atoms with Crippen molar-refractivity contribution in [2.75, 3.05) is 16.8 Å². The van der Waals surface area contributed by atoms with E-state index in [1.807, 2.05) is 50.2 Å². The molecule has 0 saturated carbocycles. The highest BCUT2D eigenvalue weighted by Gasteiger charge is 2.35. The number of anilines is 2. The number of aryl methyl sites for hydroxylation is 2. The van der Waals surface area contributed by atoms with E-state index in [2.05, 4.69) is 10.3 Å². The van der Waals surface area contributed by atoms with Crippen molar-refractivity contribution in [2.24, 2.45) is 5.92 Å². The summed E-state index contributed by atoms with van der Waals surface area (Å²) < 4.78 is 0. The molecule has 1 fully saturated rings. The minimum atomic E-state index is -0.356. The summed E-state index contributed by atoms with van der Waals surface area (Å²) in [5.74, 6) is -0.0127. The molecule has 1 aromatic carbocycles. The van der Waals surface area contributed by atoms with Crippen LogP contribution in [0.2, 0.25) is 0 Å². The molecule has 1 aliphatic heterocycles. The van der Waals surface area contributed by atoms with Crippen molar-refractivity contribution in [3.8, 4) is 0 Å². The fourth-order valence-corrected chi connectivity index (χ4v) is 2.76. The van der Waals surface area contributed by atoms with Gasteiger partial charge in [0.25, 0.3) is 0 Å². The minimum Gasteiger partial charge on any atom is -0.312 e. The average molecular weight is 309 g/mol. The van der Waals surface area contributed by atoms with Crippen molar-refractivity contribution >= 4 is 23.3 Å². The number of carbonyl (C=O) groups is 2. The van der Waals surface area contributed by atoms with Crippen molar-refractivity contribution in [3.05, 3.63) is 53.7 Å². The van der Waals surface area contributed by atoms with Crippen molar-refractivity contribution in [1.82, 2.24) is 4.98 Å². The Bertz CT molecular complexity index is 757. The van der Waals surface area contributed by atoms with Gasteiger partial charge in [-0.25, -0.2) is 4.98 Å². The average Bonchev–Trinajstić information content (AvgIpc) is 2.89. The van der Waals surface area contributed by atoms with Gasteiger partial charge in [0.05, 0.1) is 5.92 Å². The highest BCUT2D eigenvalue weighted by molar-refractivity contribution is 6.03. The lowest BCUT2D eigenvalue weighted by atomic mass is 10.1. The van der Waals surface area contributed by atoms with Gasteiger partial charge in [-0.2, -0.15) is 0 Å². The summed E-state index contributed by atoms with van der Waals surface area (Å²) in [6, 6.07) is 11.4. The first-order valence-electron chi connectivity index (χ1n) is 7.63. The number of aromatic nitrogens is 1. The van der Waals surface area contributed by atoms with Gasteiger partial charge in [-0.3, -0.25) is 9.59 Å². The van der Waals surface area contributed by atoms with Crippen LogP contribution in [0.25, 0.3) is 0 Å². The molecule has 2 amide bonds. The standard InChI is InChI=1S/C18H19N3O2/c1-12-4-3-5-15(8-12)21-11-14(10-17(21)22)18(23)20-16-9-13(2)6-7-19-16/h3-9,14H,10-11H2,1-2H3,(H,19,20,23). The molecule has 5 nitrogen and oxygen atoms in total. The fraction of sp³-hybridized carbons (Fsp3) is 0.278. The molecule has 0 bridgehead atoms. The van der Waals surface area contributed by atoms with Gasteiger partial charge < -0.3 is 10.2 Å². The molecule has 0 spiro atoms. The van der Waals surface area contributed by atoms with Crippen LogP contribution >= 0.6 is 0 Å². The maximum atomic E-state index is 12.4. The molecule has 118 valence electrons. The summed E-state index contributed by atoms with van der Waals surface area (Å²) in [6.07, 6.45) is 1.88. The number of carbonyl (C=O) groups excluding carboxylic acids is 2. The van der Waals surface area contributed by atoms with Crippen LogP contribution in [0.1, 0.15) is 17.5 Å². The molecule has 1 saturated heterocycles. The highest BCUT2D eigenvalue weighted by Crippen LogP contribution is 2.26. The van der Waals surface area contributed by atoms with Crippen LogP contribution < -0.4 is 10.2 Å². The molecule has 2 heterocycles. The molecule has 5 heteroatoms. The second kappa shape index (κ2) is 6.20. The van der Waals surface area contributed by atoms with Gasteiger partial charge >= 0.3 is 0 Å². The normalized spacial score (nSPS) is 17.4. The molecular weight excluding hydrogens is 290 g/mol. The number of amides is 2. The van der Waals surface area contributed by atoms with E-state index in [1.165, 1.54) is 0 Å². The van der Waals surface area contributed by atoms with Crippen LogP contribution in [0.3, 0.4) is 0 Å². The van der Waals surface area contributed by atoms with E-state index in [0.29, 0.717) is 12.4 Å². The van der Waals surface area contributed by atoms with Gasteiger partial charge in [0.1, 0.15) is 5.82 Å². The zero-order chi connectivity index (χ0) is 16.4. The third-order valence-electron chi connectivity index (χ3n) is 3.98. The number of hydrogen-bond acceptors (Lipinski definition) is 3. The molecule has 2 aromatic rings. The summed E-state index contributed by atoms with van der Waals surface area (Å²) >= 11 is 0. The van der Waals surface area contributed by atoms with Gasteiger partial charge in [-0.05, 0) is 49.2 Å². The predicted molar refractivity (Wildman–Crippen MR) is 89.2 cm³/mol. The SMILES string of the molecule is Cc1cccc(N2CC(C(=O)Nc3cc(C)ccn3)CC2=O)c1. The number of rotatable bonds is 3. The number of nitrogens with one attached hydrogen (secondary N) is 1. The number of hydrogen-bond donors (Lipinski definition) is 1. The molecular formula is C18H19N3O2. The predicted octanol–water partition coefficient (Wildman–Crippen LogP) is 2.69. The van der Waals surface area contributed by atoms with E-state index < -0.39 is 0 Å². The van der Waals surface area contributed by atoms with Gasteiger partial charge in [0.2, 0.25) is 11.8 Å². The zero-order valence-electron chi connectivity index (χ0n) is 13.2. The van der Waals surface area contributed by atoms with E-state index in [4.69, 9.17) is 0 Å². The lowest BCUT2D eigenvalue weighted by Gasteiger charge is -2.17. The third kappa shape index (κ3) is 3.39. The van der Waals surface area contributed by atoms with Crippen molar-refractivity contribution in [2.45, 2.75) is 20.3 Å². The molecule has 1 unspecified atom stereocenters. The third-order valence-corrected chi connectivity index (χ3v) is 3.98. The first-order chi connectivity index (χ1) is 11.0. The molecule has 1 aromatic heterocycles. The number of pyridine rings is 1. The Morgan fingerprint density at radius 2 is 2.00 bits per heavy atom. The maximum absolute atomic E-state index is 12.4. The van der Waals surface area contributed by atoms with Crippen molar-refractivity contribution < 1.29 is 9.59 Å². The zero-order valence-corrected chi connectivity index (χ0v) is 13.2. The molecule has 0 radical (unpaired) electrons. The van der Waals surface area contributed by atoms with E-state index in [-0.39, 0.29) is 24.2 Å². The highest BCUT2D eigenvalue weighted by atomic mass is 16.2. The monoisotopic (exact) mass is 309 g/mol. The summed E-state index contributed by atoms with van der Waals surface area (Å²) in [4.78, 5) is 30.4. The quantitative estimate of drug-likeness (QED) is 0.948. The summed E-state index contributed by atoms with van der Waals surface area (Å²) in [5.41, 5.74) is 2.96. The van der Waals surface area contributed by atoms with Crippen LogP contribution in [-0.2, 0) is 9.59 Å². The van der Waals surface area contributed by atoms with Gasteiger partial charge in [0, 0.05) is 24.8 Å². The molecule has 1 aliphatic rings. The Kier molecular flexibility index (Phi) is 4.10. The largest absolute Gasteiger partial charge is 0.312 e. The van der Waals surface area contributed by atoms with Gasteiger partial charge in [-0.15, -0.1) is 0 Å². The van der Waals surface area contributed by atoms with Crippen LogP contribution in [-0.4, -0.2) is 23.3 Å². The van der Waals surface area contributed by atoms with Crippen molar-refractivity contribution in [3.63, 3.8) is 0 Å². The van der Waals surface area contributed by atoms with Crippen molar-refractivity contribution in [1.29, 1.82) is 0 Å². The molecule has 1 atom stereocenters. The smallest absolute Gasteiger partial charge is 0.230 e. The first kappa shape index (κ1) is 15.2. The Morgan fingerprint density at radius 1 is 1.22 bits per heavy atom. The second-order valence-corrected chi connectivity index (χ2v) is 5.95. The lowest BCUT2D eigenvalue weighted by Crippen LogP contribution is -2.28. The van der Waals surface area contributed by atoms with Crippen LogP contribution in [0.4, 0.5) is 11.5 Å². The molecule has 0 aliphatic carbocycles. The maximum Gasteiger partial charge on any atom is 0.230 e. The molecule has 23 heavy (non-hydrogen) atoms. The van der Waals surface area contributed by atoms with Gasteiger partial charge in [-0.1, -0.05) is 12.1 Å². The van der Waals surface area contributed by atoms with E-state index in [0.717, 1.165) is 16.8 Å². The first-order valence-corrected chi connectivity index (χ1v) is 7.63. The van der Waals surface area contributed by atoms with E-state index in [1.54, 1.807) is 11.1 Å². The van der Waals surface area contributed by atoms with E-state index in [9.17, 15) is 9.59 Å². The topological polar surface area (TPSA) is 62.3 Å². The Morgan fingerprint density at radius 3 is 2.74 bits per heavy atom. The summed E-state index contributed by atoms with van der Waals surface area (Å²) in [5, 5.41) is 2.80. The fourth-order valence-electron chi connectivity index (χ4n) is 2.76. The summed E-state index contributed by atoms with van der Waals surface area (Å²) in [6.45, 7) is 4.33. The number of nitrogens with zero attached hydrogens (tertiary/aromatic N) is 2. The Hall–Kier alpha value is -2.69. The minimum absolute atomic E-state index is 0.0204. The van der Waals surface area contributed by atoms with Crippen LogP contribution in [0.5, 0.6) is 0 Å².